The average molecular weight is 273 g/mol. The van der Waals surface area contributed by atoms with Crippen molar-refractivity contribution in [2.45, 2.75) is 38.5 Å². The molecule has 1 aliphatic heterocycles. The van der Waals surface area contributed by atoms with Gasteiger partial charge < -0.3 is 16.0 Å². The number of rotatable bonds is 3. The number of anilines is 3. The van der Waals surface area contributed by atoms with E-state index in [-0.39, 0.29) is 5.91 Å². The molecule has 0 bridgehead atoms. The summed E-state index contributed by atoms with van der Waals surface area (Å²) in [7, 11) is 2.10. The van der Waals surface area contributed by atoms with E-state index < -0.39 is 0 Å². The molecule has 3 N–H and O–H groups in total. The SMILES string of the molecule is CN(CC1CCCCC1)c1cc2c(cc1N)CC(=O)N2. The van der Waals surface area contributed by atoms with Crippen molar-refractivity contribution in [3.8, 4) is 0 Å². The van der Waals surface area contributed by atoms with E-state index in [1.54, 1.807) is 0 Å². The van der Waals surface area contributed by atoms with Crippen LogP contribution in [0.1, 0.15) is 37.7 Å². The van der Waals surface area contributed by atoms with Gasteiger partial charge >= 0.3 is 0 Å². The zero-order chi connectivity index (χ0) is 14.1. The lowest BCUT2D eigenvalue weighted by Crippen LogP contribution is -2.27. The summed E-state index contributed by atoms with van der Waals surface area (Å²) < 4.78 is 0. The molecule has 0 aromatic heterocycles. The Labute approximate surface area is 120 Å². The normalized spacial score (nSPS) is 18.8. The second-order valence-electron chi connectivity index (χ2n) is 6.18. The van der Waals surface area contributed by atoms with Gasteiger partial charge in [-0.3, -0.25) is 4.79 Å². The fourth-order valence-electron chi connectivity index (χ4n) is 3.47. The van der Waals surface area contributed by atoms with E-state index in [1.165, 1.54) is 32.1 Å². The van der Waals surface area contributed by atoms with Crippen LogP contribution in [0.25, 0.3) is 0 Å². The first-order valence-corrected chi connectivity index (χ1v) is 7.57. The first kappa shape index (κ1) is 13.3. The molecule has 1 heterocycles. The second-order valence-corrected chi connectivity index (χ2v) is 6.18. The van der Waals surface area contributed by atoms with Gasteiger partial charge in [0.2, 0.25) is 5.91 Å². The summed E-state index contributed by atoms with van der Waals surface area (Å²) in [6, 6.07) is 3.97. The van der Waals surface area contributed by atoms with Gasteiger partial charge in [0.25, 0.3) is 0 Å². The zero-order valence-electron chi connectivity index (χ0n) is 12.1. The summed E-state index contributed by atoms with van der Waals surface area (Å²) in [5.41, 5.74) is 9.92. The fourth-order valence-corrected chi connectivity index (χ4v) is 3.47. The maximum absolute atomic E-state index is 11.4. The van der Waals surface area contributed by atoms with Crippen LogP contribution in [-0.2, 0) is 11.2 Å². The lowest BCUT2D eigenvalue weighted by molar-refractivity contribution is -0.115. The number of fused-ring (bicyclic) bond motifs is 1. The number of amides is 1. The smallest absolute Gasteiger partial charge is 0.228 e. The molecule has 0 atom stereocenters. The molecule has 1 amide bonds. The molecule has 0 saturated heterocycles. The molecule has 3 rings (SSSR count). The van der Waals surface area contributed by atoms with Gasteiger partial charge in [-0.1, -0.05) is 19.3 Å². The Kier molecular flexibility index (Phi) is 3.55. The van der Waals surface area contributed by atoms with E-state index in [0.29, 0.717) is 6.42 Å². The molecular formula is C16H23N3O. The van der Waals surface area contributed by atoms with Crippen LogP contribution < -0.4 is 16.0 Å². The van der Waals surface area contributed by atoms with Gasteiger partial charge in [-0.2, -0.15) is 0 Å². The van der Waals surface area contributed by atoms with Crippen LogP contribution in [0.5, 0.6) is 0 Å². The highest BCUT2D eigenvalue weighted by Crippen LogP contribution is 2.34. The van der Waals surface area contributed by atoms with Crippen LogP contribution >= 0.6 is 0 Å². The number of hydrogen-bond donors (Lipinski definition) is 2. The van der Waals surface area contributed by atoms with Crippen molar-refractivity contribution in [1.82, 2.24) is 0 Å². The Balaban J connectivity index is 1.76. The highest BCUT2D eigenvalue weighted by Gasteiger charge is 2.22. The van der Waals surface area contributed by atoms with Crippen molar-refractivity contribution in [3.05, 3.63) is 17.7 Å². The molecule has 4 heteroatoms. The van der Waals surface area contributed by atoms with E-state index in [0.717, 1.165) is 35.1 Å². The highest BCUT2D eigenvalue weighted by molar-refractivity contribution is 6.00. The topological polar surface area (TPSA) is 58.4 Å². The third-order valence-corrected chi connectivity index (χ3v) is 4.55. The monoisotopic (exact) mass is 273 g/mol. The van der Waals surface area contributed by atoms with Gasteiger partial charge in [0.15, 0.2) is 0 Å². The molecule has 1 fully saturated rings. The third kappa shape index (κ3) is 2.60. The number of nitrogens with zero attached hydrogens (tertiary/aromatic N) is 1. The maximum Gasteiger partial charge on any atom is 0.228 e. The molecule has 1 saturated carbocycles. The summed E-state index contributed by atoms with van der Waals surface area (Å²) in [5.74, 6) is 0.836. The maximum atomic E-state index is 11.4. The van der Waals surface area contributed by atoms with Crippen molar-refractivity contribution in [3.63, 3.8) is 0 Å². The molecule has 0 unspecified atom stereocenters. The highest BCUT2D eigenvalue weighted by atomic mass is 16.1. The summed E-state index contributed by atoms with van der Waals surface area (Å²) in [6.45, 7) is 1.05. The minimum absolute atomic E-state index is 0.0616. The number of hydrogen-bond acceptors (Lipinski definition) is 3. The number of nitrogens with two attached hydrogens (primary N) is 1. The van der Waals surface area contributed by atoms with Crippen molar-refractivity contribution in [2.24, 2.45) is 5.92 Å². The van der Waals surface area contributed by atoms with Gasteiger partial charge in [0.1, 0.15) is 0 Å². The number of carbonyl (C=O) groups is 1. The van der Waals surface area contributed by atoms with E-state index >= 15 is 0 Å². The standard InChI is InChI=1S/C16H23N3O/c1-19(10-11-5-3-2-4-6-11)15-9-14-12(7-13(15)17)8-16(20)18-14/h7,9,11H,2-6,8,10,17H2,1H3,(H,18,20). The Bertz CT molecular complexity index is 521. The lowest BCUT2D eigenvalue weighted by Gasteiger charge is -2.29. The Morgan fingerprint density at radius 2 is 2.05 bits per heavy atom. The number of nitrogen functional groups attached to an aromatic ring is 1. The van der Waals surface area contributed by atoms with Crippen LogP contribution in [-0.4, -0.2) is 19.5 Å². The lowest BCUT2D eigenvalue weighted by atomic mass is 9.89. The molecule has 1 aromatic rings. The second kappa shape index (κ2) is 5.35. The van der Waals surface area contributed by atoms with Crippen LogP contribution in [0.4, 0.5) is 17.1 Å². The minimum Gasteiger partial charge on any atom is -0.397 e. The quantitative estimate of drug-likeness (QED) is 0.833. The van der Waals surface area contributed by atoms with Gasteiger partial charge in [0.05, 0.1) is 17.8 Å². The molecule has 1 aromatic carbocycles. The number of nitrogens with one attached hydrogen (secondary N) is 1. The van der Waals surface area contributed by atoms with Crippen molar-refractivity contribution >= 4 is 23.0 Å². The Morgan fingerprint density at radius 1 is 1.30 bits per heavy atom. The van der Waals surface area contributed by atoms with Gasteiger partial charge in [-0.15, -0.1) is 0 Å². The molecule has 2 aliphatic rings. The van der Waals surface area contributed by atoms with E-state index in [4.69, 9.17) is 5.73 Å². The van der Waals surface area contributed by atoms with Gasteiger partial charge in [-0.25, -0.2) is 0 Å². The molecule has 20 heavy (non-hydrogen) atoms. The molecule has 0 radical (unpaired) electrons. The Hall–Kier alpha value is -1.71. The van der Waals surface area contributed by atoms with Crippen molar-refractivity contribution in [2.75, 3.05) is 29.5 Å². The van der Waals surface area contributed by atoms with Crippen LogP contribution in [0.3, 0.4) is 0 Å². The van der Waals surface area contributed by atoms with E-state index in [1.807, 2.05) is 12.1 Å². The largest absolute Gasteiger partial charge is 0.397 e. The predicted octanol–water partition coefficient (Wildman–Crippen LogP) is 2.78. The minimum atomic E-state index is 0.0616. The van der Waals surface area contributed by atoms with E-state index in [2.05, 4.69) is 17.3 Å². The number of carbonyl (C=O) groups excluding carboxylic acids is 1. The fraction of sp³-hybridized carbons (Fsp3) is 0.562. The average Bonchev–Trinajstić information content (AvgIpc) is 2.78. The van der Waals surface area contributed by atoms with Crippen molar-refractivity contribution < 1.29 is 4.79 Å². The van der Waals surface area contributed by atoms with Gasteiger partial charge in [-0.05, 0) is 36.5 Å². The number of benzene rings is 1. The summed E-state index contributed by atoms with van der Waals surface area (Å²) in [4.78, 5) is 13.7. The van der Waals surface area contributed by atoms with Crippen LogP contribution in [0.15, 0.2) is 12.1 Å². The summed E-state index contributed by atoms with van der Waals surface area (Å²) >= 11 is 0. The third-order valence-electron chi connectivity index (χ3n) is 4.55. The molecule has 108 valence electrons. The first-order chi connectivity index (χ1) is 9.63. The zero-order valence-corrected chi connectivity index (χ0v) is 12.1. The molecular weight excluding hydrogens is 250 g/mol. The van der Waals surface area contributed by atoms with Crippen molar-refractivity contribution in [1.29, 1.82) is 0 Å². The van der Waals surface area contributed by atoms with Crippen LogP contribution in [0, 0.1) is 5.92 Å². The first-order valence-electron chi connectivity index (χ1n) is 7.57. The Morgan fingerprint density at radius 3 is 2.80 bits per heavy atom. The molecule has 1 aliphatic carbocycles. The predicted molar refractivity (Wildman–Crippen MR) is 83.0 cm³/mol. The summed E-state index contributed by atoms with van der Waals surface area (Å²) in [6.07, 6.45) is 7.19. The molecule has 4 nitrogen and oxygen atoms in total. The van der Waals surface area contributed by atoms with E-state index in [9.17, 15) is 4.79 Å². The van der Waals surface area contributed by atoms with Gasteiger partial charge in [0, 0.05) is 19.3 Å². The van der Waals surface area contributed by atoms with Crippen LogP contribution in [0.2, 0.25) is 0 Å². The molecule has 0 spiro atoms. The summed E-state index contributed by atoms with van der Waals surface area (Å²) in [5, 5.41) is 2.90.